The van der Waals surface area contributed by atoms with E-state index in [-0.39, 0.29) is 5.91 Å². The normalized spacial score (nSPS) is 11.3. The Bertz CT molecular complexity index is 1500. The number of rotatable bonds is 10. The number of imidazole rings is 1. The Labute approximate surface area is 219 Å². The van der Waals surface area contributed by atoms with E-state index in [1.165, 1.54) is 0 Å². The first kappa shape index (κ1) is 24.4. The summed E-state index contributed by atoms with van der Waals surface area (Å²) in [5, 5.41) is 2.09. The fourth-order valence-corrected chi connectivity index (χ4v) is 5.00. The summed E-state index contributed by atoms with van der Waals surface area (Å²) in [4.78, 5) is 20.6. The van der Waals surface area contributed by atoms with Gasteiger partial charge in [0.05, 0.1) is 32.7 Å². The lowest BCUT2D eigenvalue weighted by atomic mass is 10.1. The second-order valence-corrected chi connectivity index (χ2v) is 9.24. The van der Waals surface area contributed by atoms with Gasteiger partial charge in [0.15, 0.2) is 4.96 Å². The van der Waals surface area contributed by atoms with Crippen molar-refractivity contribution in [3.8, 4) is 22.8 Å². The predicted octanol–water partition coefficient (Wildman–Crippen LogP) is 5.96. The van der Waals surface area contributed by atoms with Gasteiger partial charge in [-0.15, -0.1) is 11.3 Å². The highest BCUT2D eigenvalue weighted by Gasteiger charge is 2.17. The lowest BCUT2D eigenvalue weighted by Gasteiger charge is -2.20. The number of furan rings is 1. The molecule has 188 valence electrons. The monoisotopic (exact) mass is 513 g/mol. The van der Waals surface area contributed by atoms with Crippen LogP contribution in [0.5, 0.6) is 11.5 Å². The molecule has 0 bridgehead atoms. The fourth-order valence-electron chi connectivity index (χ4n) is 4.10. The highest BCUT2D eigenvalue weighted by atomic mass is 32.1. The first-order chi connectivity index (χ1) is 18.1. The molecular weight excluding hydrogens is 486 g/mol. The Morgan fingerprint density at radius 2 is 1.97 bits per heavy atom. The minimum absolute atomic E-state index is 0.0702. The molecule has 0 fully saturated rings. The van der Waals surface area contributed by atoms with Crippen LogP contribution in [0.2, 0.25) is 0 Å². The van der Waals surface area contributed by atoms with E-state index in [0.29, 0.717) is 19.5 Å². The van der Waals surface area contributed by atoms with Gasteiger partial charge in [0.1, 0.15) is 17.3 Å². The molecule has 0 aliphatic carbocycles. The summed E-state index contributed by atoms with van der Waals surface area (Å²) in [6, 6.07) is 19.2. The lowest BCUT2D eigenvalue weighted by Crippen LogP contribution is -2.31. The molecule has 0 atom stereocenters. The van der Waals surface area contributed by atoms with Gasteiger partial charge in [0.25, 0.3) is 0 Å². The molecule has 37 heavy (non-hydrogen) atoms. The number of nitrogens with zero attached hydrogens (tertiary/aromatic N) is 3. The van der Waals surface area contributed by atoms with E-state index < -0.39 is 0 Å². The number of benzene rings is 2. The number of thiazole rings is 1. The first-order valence-corrected chi connectivity index (χ1v) is 12.7. The summed E-state index contributed by atoms with van der Waals surface area (Å²) >= 11 is 1.57. The Morgan fingerprint density at radius 3 is 2.73 bits per heavy atom. The third-order valence-electron chi connectivity index (χ3n) is 6.06. The summed E-state index contributed by atoms with van der Waals surface area (Å²) in [7, 11) is 3.28. The summed E-state index contributed by atoms with van der Waals surface area (Å²) in [6.07, 6.45) is 7.75. The van der Waals surface area contributed by atoms with Crippen molar-refractivity contribution in [1.82, 2.24) is 14.3 Å². The summed E-state index contributed by atoms with van der Waals surface area (Å²) in [5.41, 5.74) is 3.72. The Kier molecular flexibility index (Phi) is 7.37. The smallest absolute Gasteiger partial charge is 0.246 e. The fraction of sp³-hybridized carbons (Fsp3) is 0.172. The zero-order valence-corrected chi connectivity index (χ0v) is 21.5. The van der Waals surface area contributed by atoms with E-state index in [9.17, 15) is 4.79 Å². The molecular formula is C29H27N3O4S. The molecule has 7 nitrogen and oxygen atoms in total. The lowest BCUT2D eigenvalue weighted by molar-refractivity contribution is -0.126. The number of aromatic nitrogens is 2. The number of hydrogen-bond donors (Lipinski definition) is 0. The minimum atomic E-state index is -0.0702. The van der Waals surface area contributed by atoms with E-state index in [0.717, 1.165) is 44.7 Å². The van der Waals surface area contributed by atoms with Crippen LogP contribution in [-0.2, 0) is 17.8 Å². The SMILES string of the molecule is COc1ccc(OC)c(-c2cn3c(CCN(Cc4ccco4)C(=O)C=Cc4ccccc4)csc3n2)c1. The van der Waals surface area contributed by atoms with Gasteiger partial charge in [-0.1, -0.05) is 30.3 Å². The van der Waals surface area contributed by atoms with Crippen LogP contribution >= 0.6 is 11.3 Å². The highest BCUT2D eigenvalue weighted by molar-refractivity contribution is 7.15. The topological polar surface area (TPSA) is 69.2 Å². The van der Waals surface area contributed by atoms with Crippen LogP contribution in [0.25, 0.3) is 22.3 Å². The maximum atomic E-state index is 13.1. The van der Waals surface area contributed by atoms with Crippen molar-refractivity contribution in [1.29, 1.82) is 0 Å². The van der Waals surface area contributed by atoms with Crippen molar-refractivity contribution in [3.63, 3.8) is 0 Å². The molecule has 0 N–H and O–H groups in total. The Hall–Kier alpha value is -4.30. The average molecular weight is 514 g/mol. The van der Waals surface area contributed by atoms with E-state index in [1.807, 2.05) is 72.9 Å². The van der Waals surface area contributed by atoms with Gasteiger partial charge in [-0.05, 0) is 42.0 Å². The molecule has 3 heterocycles. The van der Waals surface area contributed by atoms with Crippen molar-refractivity contribution < 1.29 is 18.7 Å². The number of hydrogen-bond acceptors (Lipinski definition) is 6. The molecule has 1 amide bonds. The van der Waals surface area contributed by atoms with Gasteiger partial charge in [-0.25, -0.2) is 4.98 Å². The molecule has 0 spiro atoms. The maximum Gasteiger partial charge on any atom is 0.246 e. The van der Waals surface area contributed by atoms with Crippen LogP contribution in [0.1, 0.15) is 17.0 Å². The van der Waals surface area contributed by atoms with E-state index in [4.69, 9.17) is 18.9 Å². The molecule has 0 aliphatic heterocycles. The van der Waals surface area contributed by atoms with Crippen LogP contribution in [0.3, 0.4) is 0 Å². The second kappa shape index (κ2) is 11.2. The van der Waals surface area contributed by atoms with Gasteiger partial charge in [-0.2, -0.15) is 0 Å². The number of carbonyl (C=O) groups is 1. The van der Waals surface area contributed by atoms with Crippen molar-refractivity contribution in [2.75, 3.05) is 20.8 Å². The van der Waals surface area contributed by atoms with Gasteiger partial charge >= 0.3 is 0 Å². The van der Waals surface area contributed by atoms with Crippen LogP contribution in [0.15, 0.2) is 89.0 Å². The predicted molar refractivity (Wildman–Crippen MR) is 145 cm³/mol. The van der Waals surface area contributed by atoms with Crippen molar-refractivity contribution >= 4 is 28.3 Å². The van der Waals surface area contributed by atoms with Crippen LogP contribution in [0.4, 0.5) is 0 Å². The quantitative estimate of drug-likeness (QED) is 0.216. The van der Waals surface area contributed by atoms with Gasteiger partial charge in [-0.3, -0.25) is 9.20 Å². The first-order valence-electron chi connectivity index (χ1n) is 11.9. The number of ether oxygens (including phenoxy) is 2. The molecule has 5 aromatic rings. The van der Waals surface area contributed by atoms with Crippen molar-refractivity contribution in [2.24, 2.45) is 0 Å². The molecule has 0 saturated heterocycles. The summed E-state index contributed by atoms with van der Waals surface area (Å²) in [6.45, 7) is 0.926. The highest BCUT2D eigenvalue weighted by Crippen LogP contribution is 2.34. The third-order valence-corrected chi connectivity index (χ3v) is 6.95. The van der Waals surface area contributed by atoms with E-state index >= 15 is 0 Å². The maximum absolute atomic E-state index is 13.1. The molecule has 2 aromatic carbocycles. The van der Waals surface area contributed by atoms with Gasteiger partial charge in [0, 0.05) is 41.9 Å². The number of fused-ring (bicyclic) bond motifs is 1. The molecule has 3 aromatic heterocycles. The van der Waals surface area contributed by atoms with Crippen LogP contribution < -0.4 is 9.47 Å². The summed E-state index contributed by atoms with van der Waals surface area (Å²) in [5.74, 6) is 2.14. The van der Waals surface area contributed by atoms with Crippen molar-refractivity contribution in [3.05, 3.63) is 102 Å². The average Bonchev–Trinajstić information content (AvgIpc) is 3.68. The molecule has 0 unspecified atom stereocenters. The number of amides is 1. The Balaban J connectivity index is 1.36. The second-order valence-electron chi connectivity index (χ2n) is 8.41. The van der Waals surface area contributed by atoms with Crippen molar-refractivity contribution in [2.45, 2.75) is 13.0 Å². The van der Waals surface area contributed by atoms with Gasteiger partial charge in [0.2, 0.25) is 5.91 Å². The minimum Gasteiger partial charge on any atom is -0.497 e. The van der Waals surface area contributed by atoms with E-state index in [1.54, 1.807) is 42.8 Å². The van der Waals surface area contributed by atoms with Gasteiger partial charge < -0.3 is 18.8 Å². The molecule has 5 rings (SSSR count). The number of methoxy groups -OCH3 is 2. The zero-order chi connectivity index (χ0) is 25.6. The molecule has 8 heteroatoms. The summed E-state index contributed by atoms with van der Waals surface area (Å²) < 4.78 is 18.5. The van der Waals surface area contributed by atoms with Crippen LogP contribution in [-0.4, -0.2) is 41.0 Å². The van der Waals surface area contributed by atoms with E-state index in [2.05, 4.69) is 9.78 Å². The zero-order valence-electron chi connectivity index (χ0n) is 20.7. The largest absolute Gasteiger partial charge is 0.497 e. The number of carbonyl (C=O) groups excluding carboxylic acids is 1. The molecule has 0 radical (unpaired) electrons. The Morgan fingerprint density at radius 1 is 1.11 bits per heavy atom. The molecule has 0 aliphatic rings. The van der Waals surface area contributed by atoms with Crippen LogP contribution in [0, 0.1) is 0 Å². The molecule has 0 saturated carbocycles. The third kappa shape index (κ3) is 5.59. The standard InChI is InChI=1S/C29H27N3O4S/c1-34-23-11-12-27(35-2)25(17-23)26-19-32-22(20-37-29(32)30-26)14-15-31(18-24-9-6-16-36-24)28(33)13-10-21-7-4-3-5-8-21/h3-13,16-17,19-20H,14-15,18H2,1-2H3.